The van der Waals surface area contributed by atoms with Crippen LogP contribution in [0.1, 0.15) is 37.7 Å². The lowest BCUT2D eigenvalue weighted by atomic mass is 10.0. The van der Waals surface area contributed by atoms with Crippen LogP contribution >= 0.6 is 0 Å². The third-order valence-corrected chi connectivity index (χ3v) is 6.47. The number of carbonyl (C=O) groups is 1. The molecule has 1 aliphatic carbocycles. The van der Waals surface area contributed by atoms with Gasteiger partial charge in [-0.1, -0.05) is 0 Å². The second-order valence-electron chi connectivity index (χ2n) is 8.68. The molecule has 154 valence electrons. The standard InChI is InChI=1S/C22H34N4O2/c1-24(16-18-4-9-23-10-5-18)12-13-26(20-7-14-28-15-8-20)21-6-11-25(17-21)22(27)19-2-3-19/h4-5,9-10,19-21H,2-3,6-8,11-17H2,1H3. The van der Waals surface area contributed by atoms with Crippen LogP contribution in [-0.2, 0) is 16.1 Å². The number of rotatable bonds is 8. The number of likely N-dealkylation sites (N-methyl/N-ethyl adjacent to an activating group) is 1. The summed E-state index contributed by atoms with van der Waals surface area (Å²) in [5, 5.41) is 0. The van der Waals surface area contributed by atoms with E-state index >= 15 is 0 Å². The zero-order valence-electron chi connectivity index (χ0n) is 17.1. The molecule has 1 aromatic heterocycles. The topological polar surface area (TPSA) is 48.9 Å². The van der Waals surface area contributed by atoms with Gasteiger partial charge in [0.1, 0.15) is 0 Å². The fraction of sp³-hybridized carbons (Fsp3) is 0.727. The molecule has 0 bridgehead atoms. The van der Waals surface area contributed by atoms with Crippen molar-refractivity contribution in [3.05, 3.63) is 30.1 Å². The number of amides is 1. The molecule has 0 radical (unpaired) electrons. The number of aromatic nitrogens is 1. The molecule has 0 N–H and O–H groups in total. The Morgan fingerprint density at radius 1 is 1.11 bits per heavy atom. The molecule has 3 aliphatic rings. The lowest BCUT2D eigenvalue weighted by molar-refractivity contribution is -0.131. The Morgan fingerprint density at radius 3 is 2.57 bits per heavy atom. The molecule has 1 unspecified atom stereocenters. The number of hydrogen-bond acceptors (Lipinski definition) is 5. The predicted octanol–water partition coefficient (Wildman–Crippen LogP) is 2.01. The highest BCUT2D eigenvalue weighted by atomic mass is 16.5. The molecule has 6 nitrogen and oxygen atoms in total. The summed E-state index contributed by atoms with van der Waals surface area (Å²) in [5.74, 6) is 0.742. The molecule has 3 fully saturated rings. The number of nitrogens with zero attached hydrogens (tertiary/aromatic N) is 4. The molecule has 0 aromatic carbocycles. The van der Waals surface area contributed by atoms with E-state index in [2.05, 4.69) is 38.9 Å². The van der Waals surface area contributed by atoms with E-state index in [1.54, 1.807) is 0 Å². The zero-order valence-corrected chi connectivity index (χ0v) is 17.1. The fourth-order valence-corrected chi connectivity index (χ4v) is 4.65. The first-order valence-corrected chi connectivity index (χ1v) is 10.9. The molecule has 3 heterocycles. The van der Waals surface area contributed by atoms with Gasteiger partial charge in [-0.05, 0) is 56.8 Å². The van der Waals surface area contributed by atoms with Gasteiger partial charge in [0.25, 0.3) is 0 Å². The van der Waals surface area contributed by atoms with Crippen molar-refractivity contribution < 1.29 is 9.53 Å². The van der Waals surface area contributed by atoms with Crippen LogP contribution in [0.15, 0.2) is 24.5 Å². The number of hydrogen-bond donors (Lipinski definition) is 0. The summed E-state index contributed by atoms with van der Waals surface area (Å²) >= 11 is 0. The van der Waals surface area contributed by atoms with Crippen LogP contribution in [0.3, 0.4) is 0 Å². The molecule has 28 heavy (non-hydrogen) atoms. The molecule has 2 aliphatic heterocycles. The van der Waals surface area contributed by atoms with E-state index < -0.39 is 0 Å². The zero-order chi connectivity index (χ0) is 19.3. The number of carbonyl (C=O) groups excluding carboxylic acids is 1. The van der Waals surface area contributed by atoms with Gasteiger partial charge in [0, 0.05) is 76.3 Å². The maximum Gasteiger partial charge on any atom is 0.225 e. The Kier molecular flexibility index (Phi) is 6.60. The van der Waals surface area contributed by atoms with Crippen molar-refractivity contribution in [2.75, 3.05) is 46.4 Å². The summed E-state index contributed by atoms with van der Waals surface area (Å²) in [7, 11) is 2.19. The molecule has 1 saturated carbocycles. The lowest BCUT2D eigenvalue weighted by Gasteiger charge is -2.39. The summed E-state index contributed by atoms with van der Waals surface area (Å²) < 4.78 is 5.61. The van der Waals surface area contributed by atoms with Crippen molar-refractivity contribution in [1.29, 1.82) is 0 Å². The largest absolute Gasteiger partial charge is 0.381 e. The molecule has 4 rings (SSSR count). The third kappa shape index (κ3) is 5.10. The maximum absolute atomic E-state index is 12.5. The Balaban J connectivity index is 1.34. The Labute approximate surface area is 168 Å². The summed E-state index contributed by atoms with van der Waals surface area (Å²) in [6, 6.07) is 5.26. The van der Waals surface area contributed by atoms with Crippen LogP contribution in [0.4, 0.5) is 0 Å². The average Bonchev–Trinajstić information content (AvgIpc) is 3.47. The molecular formula is C22H34N4O2. The van der Waals surface area contributed by atoms with E-state index in [0.29, 0.717) is 23.9 Å². The molecule has 6 heteroatoms. The summed E-state index contributed by atoms with van der Waals surface area (Å²) in [6.07, 6.45) is 9.27. The Bertz CT molecular complexity index is 631. The van der Waals surface area contributed by atoms with Crippen LogP contribution in [0.2, 0.25) is 0 Å². The molecule has 2 saturated heterocycles. The first-order valence-electron chi connectivity index (χ1n) is 10.9. The van der Waals surface area contributed by atoms with Gasteiger partial charge in [-0.25, -0.2) is 0 Å². The smallest absolute Gasteiger partial charge is 0.225 e. The van der Waals surface area contributed by atoms with Crippen LogP contribution in [-0.4, -0.2) is 84.1 Å². The first-order chi connectivity index (χ1) is 13.7. The van der Waals surface area contributed by atoms with Crippen LogP contribution in [0.25, 0.3) is 0 Å². The fourth-order valence-electron chi connectivity index (χ4n) is 4.65. The summed E-state index contributed by atoms with van der Waals surface area (Å²) in [6.45, 7) is 6.63. The summed E-state index contributed by atoms with van der Waals surface area (Å²) in [5.41, 5.74) is 1.30. The van der Waals surface area contributed by atoms with E-state index in [1.807, 2.05) is 12.4 Å². The Morgan fingerprint density at radius 2 is 1.86 bits per heavy atom. The van der Waals surface area contributed by atoms with Crippen LogP contribution in [0.5, 0.6) is 0 Å². The number of ether oxygens (including phenoxy) is 1. The van der Waals surface area contributed by atoms with Crippen molar-refractivity contribution in [1.82, 2.24) is 19.7 Å². The molecule has 1 amide bonds. The van der Waals surface area contributed by atoms with Gasteiger partial charge < -0.3 is 14.5 Å². The van der Waals surface area contributed by atoms with Gasteiger partial charge in [0.05, 0.1) is 0 Å². The Hall–Kier alpha value is -1.50. The predicted molar refractivity (Wildman–Crippen MR) is 109 cm³/mol. The van der Waals surface area contributed by atoms with Gasteiger partial charge in [-0.15, -0.1) is 0 Å². The average molecular weight is 387 g/mol. The van der Waals surface area contributed by atoms with Crippen molar-refractivity contribution in [3.63, 3.8) is 0 Å². The minimum Gasteiger partial charge on any atom is -0.381 e. The highest BCUT2D eigenvalue weighted by molar-refractivity contribution is 5.81. The maximum atomic E-state index is 12.5. The van der Waals surface area contributed by atoms with E-state index in [1.165, 1.54) is 5.56 Å². The van der Waals surface area contributed by atoms with Crippen molar-refractivity contribution >= 4 is 5.91 Å². The second-order valence-corrected chi connectivity index (χ2v) is 8.68. The van der Waals surface area contributed by atoms with Gasteiger partial charge in [0.2, 0.25) is 5.91 Å². The van der Waals surface area contributed by atoms with Gasteiger partial charge in [-0.2, -0.15) is 0 Å². The highest BCUT2D eigenvalue weighted by Gasteiger charge is 2.39. The van der Waals surface area contributed by atoms with Gasteiger partial charge >= 0.3 is 0 Å². The molecule has 1 aromatic rings. The van der Waals surface area contributed by atoms with E-state index in [4.69, 9.17) is 4.74 Å². The SMILES string of the molecule is CN(CCN(C1CCOCC1)C1CCN(C(=O)C2CC2)C1)Cc1ccncc1. The minimum absolute atomic E-state index is 0.335. The molecule has 0 spiro atoms. The van der Waals surface area contributed by atoms with Crippen LogP contribution < -0.4 is 0 Å². The monoisotopic (exact) mass is 386 g/mol. The van der Waals surface area contributed by atoms with Crippen molar-refractivity contribution in [2.45, 2.75) is 50.7 Å². The normalized spacial score (nSPS) is 23.7. The minimum atomic E-state index is 0.335. The quantitative estimate of drug-likeness (QED) is 0.684. The highest BCUT2D eigenvalue weighted by Crippen LogP contribution is 2.33. The van der Waals surface area contributed by atoms with E-state index in [9.17, 15) is 4.79 Å². The number of likely N-dealkylation sites (tertiary alicyclic amines) is 1. The first kappa shape index (κ1) is 19.8. The van der Waals surface area contributed by atoms with Gasteiger partial charge in [-0.3, -0.25) is 14.7 Å². The van der Waals surface area contributed by atoms with Gasteiger partial charge in [0.15, 0.2) is 0 Å². The second kappa shape index (κ2) is 9.33. The molecule has 1 atom stereocenters. The van der Waals surface area contributed by atoms with Crippen molar-refractivity contribution in [3.8, 4) is 0 Å². The molecular weight excluding hydrogens is 352 g/mol. The van der Waals surface area contributed by atoms with E-state index in [0.717, 1.165) is 78.0 Å². The lowest BCUT2D eigenvalue weighted by Crippen LogP contribution is -2.49. The summed E-state index contributed by atoms with van der Waals surface area (Å²) in [4.78, 5) is 23.8. The van der Waals surface area contributed by atoms with Crippen LogP contribution in [0, 0.1) is 5.92 Å². The van der Waals surface area contributed by atoms with E-state index in [-0.39, 0.29) is 0 Å². The number of pyridine rings is 1. The third-order valence-electron chi connectivity index (χ3n) is 6.47. The van der Waals surface area contributed by atoms with Crippen molar-refractivity contribution in [2.24, 2.45) is 5.92 Å².